The molecule has 7 rings (SSSR count). The number of hydrogen-bond acceptors (Lipinski definition) is 12. The van der Waals surface area contributed by atoms with Gasteiger partial charge in [-0.15, -0.1) is 0 Å². The monoisotopic (exact) mass is 600 g/mol. The molecule has 4 aromatic rings. The van der Waals surface area contributed by atoms with Crippen molar-refractivity contribution in [2.45, 2.75) is 9.79 Å². The lowest BCUT2D eigenvalue weighted by molar-refractivity contribution is -0.385. The Morgan fingerprint density at radius 3 is 1.42 bits per heavy atom. The van der Waals surface area contributed by atoms with E-state index in [0.29, 0.717) is 22.6 Å². The summed E-state index contributed by atoms with van der Waals surface area (Å²) in [5.74, 6) is 1.18. The van der Waals surface area contributed by atoms with E-state index in [1.165, 1.54) is 48.8 Å². The smallest absolute Gasteiger partial charge is 0.282 e. The Morgan fingerprint density at radius 2 is 1.02 bits per heavy atom. The zero-order valence-electron chi connectivity index (χ0n) is 21.6. The van der Waals surface area contributed by atoms with Crippen molar-refractivity contribution in [3.05, 3.63) is 92.0 Å². The molecule has 0 aliphatic carbocycles. The zero-order chi connectivity index (χ0) is 29.9. The van der Waals surface area contributed by atoms with E-state index in [4.69, 9.17) is 18.9 Å². The number of hydrogen-bond donors (Lipinski definition) is 0. The minimum atomic E-state index is -3.97. The average molecular weight is 601 g/mol. The Morgan fingerprint density at radius 1 is 0.628 bits per heavy atom. The van der Waals surface area contributed by atoms with Gasteiger partial charge in [0.05, 0.1) is 54.3 Å². The maximum atomic E-state index is 13.5. The van der Waals surface area contributed by atoms with Crippen LogP contribution in [-0.4, -0.2) is 44.3 Å². The van der Waals surface area contributed by atoms with Crippen LogP contribution in [0.3, 0.4) is 0 Å². The van der Waals surface area contributed by atoms with Crippen molar-refractivity contribution in [2.24, 2.45) is 9.98 Å². The third kappa shape index (κ3) is 4.38. The van der Waals surface area contributed by atoms with Crippen LogP contribution in [0.2, 0.25) is 0 Å². The number of nitro groups is 2. The molecule has 0 unspecified atom stereocenters. The number of rotatable bonds is 6. The van der Waals surface area contributed by atoms with E-state index in [1.807, 2.05) is 0 Å². The molecule has 0 atom stereocenters. The van der Waals surface area contributed by atoms with Crippen LogP contribution in [0.4, 0.5) is 22.7 Å². The Bertz CT molecular complexity index is 1930. The molecular weight excluding hydrogens is 584 g/mol. The molecule has 0 fully saturated rings. The van der Waals surface area contributed by atoms with Crippen molar-refractivity contribution in [3.8, 4) is 34.1 Å². The fraction of sp³-hybridized carbons (Fsp3) is 0.0714. The fourth-order valence-electron chi connectivity index (χ4n) is 4.90. The normalized spacial score (nSPS) is 15.2. The van der Waals surface area contributed by atoms with Crippen LogP contribution in [0.25, 0.3) is 11.1 Å². The molecule has 3 aliphatic heterocycles. The molecule has 0 N–H and O–H groups in total. The first kappa shape index (κ1) is 26.1. The second-order valence-corrected chi connectivity index (χ2v) is 11.3. The Hall–Kier alpha value is -5.83. The maximum Gasteiger partial charge on any atom is 0.282 e. The largest absolute Gasteiger partial charge is 0.454 e. The van der Waals surface area contributed by atoms with Crippen molar-refractivity contribution in [2.75, 3.05) is 13.6 Å². The molecule has 0 spiro atoms. The Labute approximate surface area is 241 Å². The highest BCUT2D eigenvalue weighted by atomic mass is 32.2. The van der Waals surface area contributed by atoms with Gasteiger partial charge < -0.3 is 18.9 Å². The molecule has 0 saturated carbocycles. The van der Waals surface area contributed by atoms with E-state index in [1.54, 1.807) is 24.3 Å². The van der Waals surface area contributed by atoms with Crippen molar-refractivity contribution in [1.29, 1.82) is 0 Å². The number of nitrogens with zero attached hydrogens (tertiary/aromatic N) is 4. The standard InChI is InChI=1S/C28H16N4O10S/c33-31(34)21-9-25-23(39-13-41-25)5-15(21)11-29-17-1-3-19-20-4-2-18(8-28(20)43(37,38)27(19)7-17)30-12-16-6-24-26(42-14-40-24)10-22(16)32(35)36/h1-12H,13-14H2. The molecule has 0 saturated heterocycles. The van der Waals surface area contributed by atoms with Gasteiger partial charge in [-0.3, -0.25) is 30.2 Å². The predicted octanol–water partition coefficient (Wildman–Crippen LogP) is 5.27. The van der Waals surface area contributed by atoms with Crippen LogP contribution in [0, 0.1) is 20.2 Å². The van der Waals surface area contributed by atoms with Crippen LogP contribution < -0.4 is 18.9 Å². The lowest BCUT2D eigenvalue weighted by Crippen LogP contribution is -1.97. The highest BCUT2D eigenvalue weighted by molar-refractivity contribution is 7.92. The maximum absolute atomic E-state index is 13.5. The topological polar surface area (TPSA) is 182 Å². The lowest BCUT2D eigenvalue weighted by atomic mass is 10.1. The molecule has 0 bridgehead atoms. The molecule has 15 heteroatoms. The molecule has 4 aromatic carbocycles. The summed E-state index contributed by atoms with van der Waals surface area (Å²) in [5.41, 5.74) is 1.28. The van der Waals surface area contributed by atoms with E-state index in [2.05, 4.69) is 9.98 Å². The quantitative estimate of drug-likeness (QED) is 0.141. The van der Waals surface area contributed by atoms with Gasteiger partial charge in [-0.25, -0.2) is 8.42 Å². The van der Waals surface area contributed by atoms with Gasteiger partial charge in [0, 0.05) is 23.6 Å². The van der Waals surface area contributed by atoms with Crippen molar-refractivity contribution in [1.82, 2.24) is 0 Å². The molecule has 3 aliphatic rings. The van der Waals surface area contributed by atoms with Crippen LogP contribution >= 0.6 is 0 Å². The molecule has 0 amide bonds. The number of fused-ring (bicyclic) bond motifs is 5. The lowest BCUT2D eigenvalue weighted by Gasteiger charge is -2.02. The second-order valence-electron chi connectivity index (χ2n) is 9.42. The number of aliphatic imine (C=N–C) groups is 2. The summed E-state index contributed by atoms with van der Waals surface area (Å²) in [5, 5.41) is 23.1. The molecule has 214 valence electrons. The Kier molecular flexibility index (Phi) is 5.84. The van der Waals surface area contributed by atoms with Gasteiger partial charge in [0.2, 0.25) is 23.4 Å². The summed E-state index contributed by atoms with van der Waals surface area (Å²) in [6.07, 6.45) is 2.53. The Balaban J connectivity index is 1.20. The summed E-state index contributed by atoms with van der Waals surface area (Å²) in [6, 6.07) is 14.6. The summed E-state index contributed by atoms with van der Waals surface area (Å²) in [4.78, 5) is 30.6. The summed E-state index contributed by atoms with van der Waals surface area (Å²) in [6.45, 7) is -0.108. The van der Waals surface area contributed by atoms with Gasteiger partial charge in [0.1, 0.15) is 0 Å². The molecule has 0 radical (unpaired) electrons. The van der Waals surface area contributed by atoms with E-state index in [0.717, 1.165) is 0 Å². The minimum absolute atomic E-state index is 0.0184. The SMILES string of the molecule is O=[N+]([O-])c1cc2c(cc1C=Nc1ccc3c(c1)S(=O)(=O)c1cc(N=Cc4cc5c(cc4[N+](=O)[O-])OCO5)ccc1-3)OCO2. The van der Waals surface area contributed by atoms with Crippen molar-refractivity contribution >= 4 is 45.0 Å². The van der Waals surface area contributed by atoms with Crippen LogP contribution in [-0.2, 0) is 9.84 Å². The van der Waals surface area contributed by atoms with E-state index >= 15 is 0 Å². The van der Waals surface area contributed by atoms with E-state index in [9.17, 15) is 28.6 Å². The average Bonchev–Trinajstić information content (AvgIpc) is 3.70. The summed E-state index contributed by atoms with van der Waals surface area (Å²) >= 11 is 0. The summed E-state index contributed by atoms with van der Waals surface area (Å²) in [7, 11) is -3.97. The highest BCUT2D eigenvalue weighted by Gasteiger charge is 2.33. The van der Waals surface area contributed by atoms with Crippen LogP contribution in [0.1, 0.15) is 11.1 Å². The minimum Gasteiger partial charge on any atom is -0.454 e. The first-order chi connectivity index (χ1) is 20.7. The van der Waals surface area contributed by atoms with Crippen LogP contribution in [0.5, 0.6) is 23.0 Å². The molecule has 14 nitrogen and oxygen atoms in total. The fourth-order valence-corrected chi connectivity index (χ4v) is 6.62. The molecular formula is C28H16N4O10S. The van der Waals surface area contributed by atoms with Gasteiger partial charge in [0.25, 0.3) is 11.4 Å². The van der Waals surface area contributed by atoms with Gasteiger partial charge in [-0.1, -0.05) is 12.1 Å². The van der Waals surface area contributed by atoms with E-state index in [-0.39, 0.29) is 68.8 Å². The van der Waals surface area contributed by atoms with Gasteiger partial charge >= 0.3 is 0 Å². The molecule has 0 aromatic heterocycles. The van der Waals surface area contributed by atoms with Crippen LogP contribution in [0.15, 0.2) is 80.4 Å². The number of ether oxygens (including phenoxy) is 4. The third-order valence-electron chi connectivity index (χ3n) is 6.94. The number of sulfone groups is 1. The van der Waals surface area contributed by atoms with Gasteiger partial charge in [-0.2, -0.15) is 0 Å². The zero-order valence-corrected chi connectivity index (χ0v) is 22.4. The van der Waals surface area contributed by atoms with Gasteiger partial charge in [-0.05, 0) is 36.4 Å². The second kappa shape index (κ2) is 9.63. The predicted molar refractivity (Wildman–Crippen MR) is 150 cm³/mol. The van der Waals surface area contributed by atoms with Crippen molar-refractivity contribution < 1.29 is 37.2 Å². The first-order valence-electron chi connectivity index (χ1n) is 12.5. The third-order valence-corrected chi connectivity index (χ3v) is 8.78. The number of nitro benzene ring substituents is 2. The highest BCUT2D eigenvalue weighted by Crippen LogP contribution is 2.46. The van der Waals surface area contributed by atoms with Gasteiger partial charge in [0.15, 0.2) is 23.0 Å². The molecule has 43 heavy (non-hydrogen) atoms. The number of benzene rings is 4. The first-order valence-corrected chi connectivity index (χ1v) is 13.9. The van der Waals surface area contributed by atoms with Crippen molar-refractivity contribution in [3.63, 3.8) is 0 Å². The van der Waals surface area contributed by atoms with E-state index < -0.39 is 19.7 Å². The molecule has 3 heterocycles. The summed E-state index contributed by atoms with van der Waals surface area (Å²) < 4.78 is 48.1.